The number of sulfonamides is 1. The molecular weight excluding hydrogens is 530 g/mol. The van der Waals surface area contributed by atoms with Crippen LogP contribution < -0.4 is 19.1 Å². The molecule has 3 rings (SSSR count). The molecule has 10 heteroatoms. The molecule has 3 aromatic rings. The second-order valence-corrected chi connectivity index (χ2v) is 11.6. The molecule has 0 aliphatic carbocycles. The SMILES string of the molecule is COc1ccc(CN(C(=O)CN(c2ccc(OC)cc2)S(=O)(=O)c2ccc(C)cc2)C(C)C(=O)NC(C)C)cc1. The van der Waals surface area contributed by atoms with E-state index in [2.05, 4.69) is 5.32 Å². The predicted molar refractivity (Wildman–Crippen MR) is 155 cm³/mol. The number of benzene rings is 3. The molecule has 0 aromatic heterocycles. The quantitative estimate of drug-likeness (QED) is 0.353. The van der Waals surface area contributed by atoms with Crippen LogP contribution in [0.4, 0.5) is 5.69 Å². The zero-order chi connectivity index (χ0) is 29.4. The van der Waals surface area contributed by atoms with Gasteiger partial charge in [0.2, 0.25) is 11.8 Å². The second-order valence-electron chi connectivity index (χ2n) is 9.73. The highest BCUT2D eigenvalue weighted by atomic mass is 32.2. The van der Waals surface area contributed by atoms with Crippen LogP contribution in [0, 0.1) is 6.92 Å². The van der Waals surface area contributed by atoms with Gasteiger partial charge in [0.15, 0.2) is 0 Å². The van der Waals surface area contributed by atoms with Crippen molar-refractivity contribution in [3.63, 3.8) is 0 Å². The zero-order valence-corrected chi connectivity index (χ0v) is 24.6. The maximum absolute atomic E-state index is 13.9. The minimum atomic E-state index is -4.14. The molecule has 0 heterocycles. The third-order valence-electron chi connectivity index (χ3n) is 6.36. The van der Waals surface area contributed by atoms with Crippen molar-refractivity contribution in [1.82, 2.24) is 10.2 Å². The van der Waals surface area contributed by atoms with Crippen molar-refractivity contribution in [3.05, 3.63) is 83.9 Å². The highest BCUT2D eigenvalue weighted by Crippen LogP contribution is 2.27. The Morgan fingerprint density at radius 2 is 1.35 bits per heavy atom. The highest BCUT2D eigenvalue weighted by Gasteiger charge is 2.32. The highest BCUT2D eigenvalue weighted by molar-refractivity contribution is 7.92. The van der Waals surface area contributed by atoms with Gasteiger partial charge in [-0.3, -0.25) is 13.9 Å². The largest absolute Gasteiger partial charge is 0.497 e. The first-order chi connectivity index (χ1) is 19.0. The van der Waals surface area contributed by atoms with Crippen LogP contribution in [-0.2, 0) is 26.2 Å². The Bertz CT molecular complexity index is 1390. The number of hydrogen-bond acceptors (Lipinski definition) is 6. The molecule has 1 N–H and O–H groups in total. The van der Waals surface area contributed by atoms with Gasteiger partial charge in [-0.15, -0.1) is 0 Å². The van der Waals surface area contributed by atoms with Gasteiger partial charge in [0.1, 0.15) is 24.1 Å². The minimum Gasteiger partial charge on any atom is -0.497 e. The van der Waals surface area contributed by atoms with E-state index in [0.29, 0.717) is 17.2 Å². The summed E-state index contributed by atoms with van der Waals surface area (Å²) in [4.78, 5) is 28.4. The van der Waals surface area contributed by atoms with Gasteiger partial charge in [-0.2, -0.15) is 0 Å². The van der Waals surface area contributed by atoms with Gasteiger partial charge < -0.3 is 19.7 Å². The number of amides is 2. The molecule has 1 atom stereocenters. The number of hydrogen-bond donors (Lipinski definition) is 1. The molecule has 0 fully saturated rings. The van der Waals surface area contributed by atoms with Crippen molar-refractivity contribution in [1.29, 1.82) is 0 Å². The lowest BCUT2D eigenvalue weighted by Crippen LogP contribution is -2.52. The summed E-state index contributed by atoms with van der Waals surface area (Å²) in [7, 11) is -1.06. The Balaban J connectivity index is 2.02. The topological polar surface area (TPSA) is 105 Å². The fourth-order valence-electron chi connectivity index (χ4n) is 4.03. The molecule has 9 nitrogen and oxygen atoms in total. The Hall–Kier alpha value is -4.05. The lowest BCUT2D eigenvalue weighted by Gasteiger charge is -2.32. The average Bonchev–Trinajstić information content (AvgIpc) is 2.94. The van der Waals surface area contributed by atoms with Gasteiger partial charge in [0, 0.05) is 12.6 Å². The molecule has 0 radical (unpaired) electrons. The van der Waals surface area contributed by atoms with Crippen LogP contribution in [0.15, 0.2) is 77.7 Å². The number of nitrogens with zero attached hydrogens (tertiary/aromatic N) is 2. The van der Waals surface area contributed by atoms with Crippen LogP contribution in [-0.4, -0.2) is 58.0 Å². The smallest absolute Gasteiger partial charge is 0.264 e. The molecule has 0 saturated carbocycles. The molecule has 0 aliphatic heterocycles. The summed E-state index contributed by atoms with van der Waals surface area (Å²) >= 11 is 0. The van der Waals surface area contributed by atoms with Crippen LogP contribution in [0.25, 0.3) is 0 Å². The molecule has 2 amide bonds. The Morgan fingerprint density at radius 1 is 0.825 bits per heavy atom. The zero-order valence-electron chi connectivity index (χ0n) is 23.7. The van der Waals surface area contributed by atoms with Crippen LogP contribution in [0.3, 0.4) is 0 Å². The lowest BCUT2D eigenvalue weighted by atomic mass is 10.1. The molecule has 3 aromatic carbocycles. The summed E-state index contributed by atoms with van der Waals surface area (Å²) in [5.41, 5.74) is 1.95. The van der Waals surface area contributed by atoms with Crippen molar-refractivity contribution in [3.8, 4) is 11.5 Å². The number of carbonyl (C=O) groups is 2. The Labute approximate surface area is 236 Å². The van der Waals surface area contributed by atoms with Crippen molar-refractivity contribution < 1.29 is 27.5 Å². The maximum atomic E-state index is 13.9. The normalized spacial score (nSPS) is 12.0. The number of anilines is 1. The number of methoxy groups -OCH3 is 2. The fraction of sp³-hybridized carbons (Fsp3) is 0.333. The van der Waals surface area contributed by atoms with Crippen molar-refractivity contribution in [2.24, 2.45) is 0 Å². The first-order valence-corrected chi connectivity index (χ1v) is 14.4. The van der Waals surface area contributed by atoms with Gasteiger partial charge in [-0.25, -0.2) is 8.42 Å². The van der Waals surface area contributed by atoms with E-state index >= 15 is 0 Å². The summed E-state index contributed by atoms with van der Waals surface area (Å²) in [5.74, 6) is 0.327. The summed E-state index contributed by atoms with van der Waals surface area (Å²) in [5, 5.41) is 2.84. The van der Waals surface area contributed by atoms with Crippen LogP contribution in [0.1, 0.15) is 31.9 Å². The summed E-state index contributed by atoms with van der Waals surface area (Å²) < 4.78 is 39.3. The molecule has 40 heavy (non-hydrogen) atoms. The summed E-state index contributed by atoms with van der Waals surface area (Å²) in [6.07, 6.45) is 0. The molecule has 0 bridgehead atoms. The van der Waals surface area contributed by atoms with E-state index in [1.54, 1.807) is 74.7 Å². The van der Waals surface area contributed by atoms with E-state index in [0.717, 1.165) is 15.4 Å². The second kappa shape index (κ2) is 13.3. The van der Waals surface area contributed by atoms with Crippen LogP contribution >= 0.6 is 0 Å². The van der Waals surface area contributed by atoms with E-state index in [9.17, 15) is 18.0 Å². The lowest BCUT2D eigenvalue weighted by molar-refractivity contribution is -0.139. The van der Waals surface area contributed by atoms with Gasteiger partial charge in [-0.1, -0.05) is 29.8 Å². The Morgan fingerprint density at radius 3 is 1.85 bits per heavy atom. The standard InChI is InChI=1S/C30H37N3O6S/c1-21(2)31-30(35)23(4)32(19-24-9-13-26(38-5)14-10-24)29(34)20-33(25-11-15-27(39-6)16-12-25)40(36,37)28-17-7-22(3)8-18-28/h7-18,21,23H,19-20H2,1-6H3,(H,31,35). The van der Waals surface area contributed by atoms with E-state index in [4.69, 9.17) is 9.47 Å². The number of aryl methyl sites for hydroxylation is 1. The molecule has 0 saturated heterocycles. The van der Waals surface area contributed by atoms with Crippen LogP contribution in [0.5, 0.6) is 11.5 Å². The summed E-state index contributed by atoms with van der Waals surface area (Å²) in [6, 6.07) is 19.0. The molecule has 1 unspecified atom stereocenters. The average molecular weight is 568 g/mol. The van der Waals surface area contributed by atoms with Crippen molar-refractivity contribution in [2.45, 2.75) is 51.2 Å². The summed E-state index contributed by atoms with van der Waals surface area (Å²) in [6.45, 7) is 6.74. The van der Waals surface area contributed by atoms with Gasteiger partial charge >= 0.3 is 0 Å². The predicted octanol–water partition coefficient (Wildman–Crippen LogP) is 4.15. The first kappa shape index (κ1) is 30.5. The molecule has 214 valence electrons. The number of ether oxygens (including phenoxy) is 2. The first-order valence-electron chi connectivity index (χ1n) is 12.9. The van der Waals surface area contributed by atoms with Crippen molar-refractivity contribution >= 4 is 27.5 Å². The van der Waals surface area contributed by atoms with Crippen molar-refractivity contribution in [2.75, 3.05) is 25.1 Å². The maximum Gasteiger partial charge on any atom is 0.264 e. The third kappa shape index (κ3) is 7.53. The fourth-order valence-corrected chi connectivity index (χ4v) is 5.44. The molecule has 0 aliphatic rings. The third-order valence-corrected chi connectivity index (χ3v) is 8.15. The monoisotopic (exact) mass is 567 g/mol. The van der Waals surface area contributed by atoms with E-state index < -0.39 is 28.5 Å². The Kier molecular flexibility index (Phi) is 10.2. The van der Waals surface area contributed by atoms with E-state index in [-0.39, 0.29) is 23.4 Å². The minimum absolute atomic E-state index is 0.0500. The van der Waals surface area contributed by atoms with Crippen LogP contribution in [0.2, 0.25) is 0 Å². The molecular formula is C30H37N3O6S. The van der Waals surface area contributed by atoms with Gasteiger partial charge in [-0.05, 0) is 81.8 Å². The number of nitrogens with one attached hydrogen (secondary N) is 1. The molecule has 0 spiro atoms. The van der Waals surface area contributed by atoms with Gasteiger partial charge in [0.05, 0.1) is 24.8 Å². The number of carbonyl (C=O) groups excluding carboxylic acids is 2. The number of rotatable bonds is 12. The van der Waals surface area contributed by atoms with E-state index in [1.165, 1.54) is 24.1 Å². The van der Waals surface area contributed by atoms with Gasteiger partial charge in [0.25, 0.3) is 10.0 Å². The van der Waals surface area contributed by atoms with E-state index in [1.807, 2.05) is 20.8 Å².